The summed E-state index contributed by atoms with van der Waals surface area (Å²) in [5.74, 6) is 0. The second-order valence-corrected chi connectivity index (χ2v) is 9.26. The van der Waals surface area contributed by atoms with Gasteiger partial charge in [-0.15, -0.1) is 11.3 Å². The molecule has 0 aliphatic heterocycles. The number of hydrogen-bond donors (Lipinski definition) is 0. The Morgan fingerprint density at radius 2 is 1.52 bits per heavy atom. The minimum absolute atomic E-state index is 1.19. The van der Waals surface area contributed by atoms with Crippen molar-refractivity contribution in [3.8, 4) is 5.69 Å². The zero-order valence-electron chi connectivity index (χ0n) is 16.8. The number of rotatable bonds is 1. The number of thiophene rings is 1. The molecule has 4 heteroatoms. The summed E-state index contributed by atoms with van der Waals surface area (Å²) in [4.78, 5) is 0. The van der Waals surface area contributed by atoms with Crippen molar-refractivity contribution in [3.63, 3.8) is 0 Å². The van der Waals surface area contributed by atoms with Crippen LogP contribution in [0.5, 0.6) is 0 Å². The lowest BCUT2D eigenvalue weighted by molar-refractivity contribution is 1.01. The van der Waals surface area contributed by atoms with Crippen molar-refractivity contribution < 1.29 is 0 Å². The Bertz CT molecular complexity index is 1940. The molecule has 0 aliphatic rings. The van der Waals surface area contributed by atoms with Gasteiger partial charge in [0.1, 0.15) is 0 Å². The molecule has 0 fully saturated rings. The fourth-order valence-electron chi connectivity index (χ4n) is 5.66. The van der Waals surface area contributed by atoms with E-state index in [0.29, 0.717) is 0 Å². The number of aromatic nitrogens is 3. The lowest BCUT2D eigenvalue weighted by Gasteiger charge is -2.05. The molecule has 3 nitrogen and oxygen atoms in total. The Labute approximate surface area is 181 Å². The average Bonchev–Trinajstić information content (AvgIpc) is 3.55. The topological polar surface area (TPSA) is 14.3 Å². The number of nitrogens with zero attached hydrogens (tertiary/aromatic N) is 3. The maximum Gasteiger partial charge on any atom is 0.0792 e. The third kappa shape index (κ3) is 1.74. The van der Waals surface area contributed by atoms with Crippen LogP contribution in [0.3, 0.4) is 0 Å². The Kier molecular flexibility index (Phi) is 2.73. The Morgan fingerprint density at radius 3 is 2.42 bits per heavy atom. The van der Waals surface area contributed by atoms with Gasteiger partial charge in [0.05, 0.1) is 32.3 Å². The monoisotopic (exact) mass is 415 g/mol. The van der Waals surface area contributed by atoms with E-state index in [9.17, 15) is 0 Å². The number of aryl methyl sites for hydroxylation is 1. The first-order chi connectivity index (χ1) is 15.3. The fourth-order valence-corrected chi connectivity index (χ4v) is 6.57. The van der Waals surface area contributed by atoms with E-state index in [1.54, 1.807) is 0 Å². The number of benzene rings is 3. The maximum atomic E-state index is 2.50. The lowest BCUT2D eigenvalue weighted by atomic mass is 10.1. The van der Waals surface area contributed by atoms with E-state index >= 15 is 0 Å². The summed E-state index contributed by atoms with van der Waals surface area (Å²) >= 11 is 1.84. The molecule has 5 aromatic heterocycles. The van der Waals surface area contributed by atoms with Crippen LogP contribution in [0.4, 0.5) is 0 Å². The molecule has 31 heavy (non-hydrogen) atoms. The van der Waals surface area contributed by atoms with E-state index in [0.717, 1.165) is 0 Å². The quantitative estimate of drug-likeness (QED) is 0.266. The first-order valence-electron chi connectivity index (χ1n) is 10.5. The van der Waals surface area contributed by atoms with E-state index in [1.165, 1.54) is 65.0 Å². The van der Waals surface area contributed by atoms with Gasteiger partial charge in [0, 0.05) is 46.0 Å². The van der Waals surface area contributed by atoms with Gasteiger partial charge in [-0.05, 0) is 47.8 Å². The maximum absolute atomic E-state index is 2.50. The number of para-hydroxylation sites is 1. The van der Waals surface area contributed by atoms with Crippen LogP contribution in [0.1, 0.15) is 0 Å². The van der Waals surface area contributed by atoms with Gasteiger partial charge >= 0.3 is 0 Å². The van der Waals surface area contributed by atoms with Crippen LogP contribution in [-0.4, -0.2) is 13.5 Å². The smallest absolute Gasteiger partial charge is 0.0792 e. The van der Waals surface area contributed by atoms with Gasteiger partial charge in [-0.1, -0.05) is 30.3 Å². The zero-order valence-corrected chi connectivity index (χ0v) is 17.6. The highest BCUT2D eigenvalue weighted by Gasteiger charge is 2.23. The summed E-state index contributed by atoms with van der Waals surface area (Å²) in [6.45, 7) is 0. The van der Waals surface area contributed by atoms with Crippen molar-refractivity contribution in [2.75, 3.05) is 0 Å². The largest absolute Gasteiger partial charge is 0.344 e. The molecule has 3 aromatic carbocycles. The van der Waals surface area contributed by atoms with Gasteiger partial charge in [-0.2, -0.15) is 0 Å². The summed E-state index contributed by atoms with van der Waals surface area (Å²) < 4.78 is 8.53. The van der Waals surface area contributed by atoms with E-state index in [4.69, 9.17) is 0 Å². The first-order valence-corrected chi connectivity index (χ1v) is 11.4. The lowest BCUT2D eigenvalue weighted by Crippen LogP contribution is -1.90. The molecule has 0 bridgehead atoms. The molecule has 0 radical (unpaired) electrons. The van der Waals surface area contributed by atoms with Crippen molar-refractivity contribution in [3.05, 3.63) is 84.4 Å². The van der Waals surface area contributed by atoms with Crippen LogP contribution in [0.15, 0.2) is 84.4 Å². The SMILES string of the molecule is Cn1c2cccc3c4sccc4n4c5ccn(-c6ccccc6)c5c5ccc1c(c32)c54. The average molecular weight is 416 g/mol. The predicted octanol–water partition coefficient (Wildman–Crippen LogP) is 7.33. The van der Waals surface area contributed by atoms with E-state index in [2.05, 4.69) is 105 Å². The van der Waals surface area contributed by atoms with Crippen molar-refractivity contribution in [1.82, 2.24) is 13.5 Å². The van der Waals surface area contributed by atoms with Gasteiger partial charge in [0.2, 0.25) is 0 Å². The molecule has 0 spiro atoms. The molecular formula is C27H17N3S. The second kappa shape index (κ2) is 5.29. The molecule has 5 heterocycles. The highest BCUT2D eigenvalue weighted by molar-refractivity contribution is 7.18. The number of hydrogen-bond acceptors (Lipinski definition) is 1. The van der Waals surface area contributed by atoms with Gasteiger partial charge in [-0.3, -0.25) is 0 Å². The molecule has 0 aliphatic carbocycles. The third-order valence-corrected chi connectivity index (χ3v) is 7.86. The molecule has 0 amide bonds. The van der Waals surface area contributed by atoms with E-state index in [1.807, 2.05) is 11.3 Å². The summed E-state index contributed by atoms with van der Waals surface area (Å²) in [6.07, 6.45) is 2.21. The number of fused-ring (bicyclic) bond motifs is 6. The molecule has 8 rings (SSSR count). The Morgan fingerprint density at radius 1 is 0.645 bits per heavy atom. The van der Waals surface area contributed by atoms with Gasteiger partial charge in [-0.25, -0.2) is 0 Å². The molecular weight excluding hydrogens is 398 g/mol. The van der Waals surface area contributed by atoms with Crippen molar-refractivity contribution in [1.29, 1.82) is 0 Å². The van der Waals surface area contributed by atoms with Gasteiger partial charge in [0.25, 0.3) is 0 Å². The van der Waals surface area contributed by atoms with Crippen molar-refractivity contribution >= 4 is 70.7 Å². The van der Waals surface area contributed by atoms with Crippen LogP contribution in [-0.2, 0) is 7.05 Å². The molecule has 0 saturated carbocycles. The van der Waals surface area contributed by atoms with Crippen LogP contribution < -0.4 is 0 Å². The summed E-state index contributed by atoms with van der Waals surface area (Å²) in [5, 5.41) is 7.62. The molecule has 8 aromatic rings. The summed E-state index contributed by atoms with van der Waals surface area (Å²) in [6, 6.07) is 26.5. The van der Waals surface area contributed by atoms with Crippen LogP contribution in [0, 0.1) is 0 Å². The van der Waals surface area contributed by atoms with Crippen LogP contribution >= 0.6 is 11.3 Å². The fraction of sp³-hybridized carbons (Fsp3) is 0.0370. The Balaban J connectivity index is 1.77. The van der Waals surface area contributed by atoms with Crippen molar-refractivity contribution in [2.45, 2.75) is 0 Å². The van der Waals surface area contributed by atoms with Crippen molar-refractivity contribution in [2.24, 2.45) is 7.05 Å². The minimum Gasteiger partial charge on any atom is -0.344 e. The van der Waals surface area contributed by atoms with E-state index < -0.39 is 0 Å². The minimum atomic E-state index is 1.19. The Hall–Kier alpha value is -3.76. The molecule has 0 unspecified atom stereocenters. The highest BCUT2D eigenvalue weighted by atomic mass is 32.1. The summed E-state index contributed by atoms with van der Waals surface area (Å²) in [7, 11) is 2.19. The van der Waals surface area contributed by atoms with Crippen LogP contribution in [0.25, 0.3) is 65.0 Å². The second-order valence-electron chi connectivity index (χ2n) is 8.34. The molecule has 0 atom stereocenters. The van der Waals surface area contributed by atoms with Gasteiger partial charge < -0.3 is 13.5 Å². The normalized spacial score (nSPS) is 12.7. The highest BCUT2D eigenvalue weighted by Crippen LogP contribution is 2.45. The first kappa shape index (κ1) is 16.0. The van der Waals surface area contributed by atoms with E-state index in [-0.39, 0.29) is 0 Å². The van der Waals surface area contributed by atoms with Crippen LogP contribution in [0.2, 0.25) is 0 Å². The molecule has 146 valence electrons. The zero-order chi connectivity index (χ0) is 20.3. The summed E-state index contributed by atoms with van der Waals surface area (Å²) in [5.41, 5.74) is 8.92. The third-order valence-electron chi connectivity index (χ3n) is 6.92. The molecule has 0 N–H and O–H groups in total. The molecule has 0 saturated heterocycles. The standard InChI is InChI=1S/C27H17N3S/c1-28-19-9-5-8-17-23(19)24-20(28)11-10-18-25-21(12-14-29(25)16-6-3-2-4-7-16)30(26(18)24)22-13-15-31-27(17)22/h2-15H,1H3. The predicted molar refractivity (Wildman–Crippen MR) is 132 cm³/mol. The van der Waals surface area contributed by atoms with Gasteiger partial charge in [0.15, 0.2) is 0 Å².